The number of hydrogen-bond donors (Lipinski definition) is 0. The Morgan fingerprint density at radius 2 is 1.84 bits per heavy atom. The summed E-state index contributed by atoms with van der Waals surface area (Å²) in [7, 11) is 1.64. The normalized spacial score (nSPS) is 12.9. The first kappa shape index (κ1) is 11.6. The molecule has 0 amide bonds. The molecule has 0 fully saturated rings. The lowest BCUT2D eigenvalue weighted by atomic mass is 10.2. The molecule has 19 heavy (non-hydrogen) atoms. The lowest BCUT2D eigenvalue weighted by molar-refractivity contribution is 0.174. The summed E-state index contributed by atoms with van der Waals surface area (Å²) in [5.41, 5.74) is 1.85. The molecular formula is C15H13NO3. The maximum atomic E-state index is 5.32. The third kappa shape index (κ3) is 2.52. The van der Waals surface area contributed by atoms with E-state index in [4.69, 9.17) is 14.2 Å². The summed E-state index contributed by atoms with van der Waals surface area (Å²) in [6, 6.07) is 13.3. The minimum atomic E-state index is 0.286. The van der Waals surface area contributed by atoms with E-state index in [9.17, 15) is 0 Å². The Balaban J connectivity index is 1.78. The van der Waals surface area contributed by atoms with Crippen molar-refractivity contribution in [3.8, 4) is 17.2 Å². The monoisotopic (exact) mass is 255 g/mol. The topological polar surface area (TPSA) is 40.0 Å². The van der Waals surface area contributed by atoms with Gasteiger partial charge in [0.15, 0.2) is 11.5 Å². The van der Waals surface area contributed by atoms with Crippen LogP contribution >= 0.6 is 0 Å². The Labute approximate surface area is 111 Å². The van der Waals surface area contributed by atoms with Crippen LogP contribution in [0.25, 0.3) is 0 Å². The van der Waals surface area contributed by atoms with Crippen molar-refractivity contribution in [2.45, 2.75) is 0 Å². The van der Waals surface area contributed by atoms with Gasteiger partial charge in [0.05, 0.1) is 12.8 Å². The Bertz CT molecular complexity index is 605. The fourth-order valence-electron chi connectivity index (χ4n) is 1.81. The van der Waals surface area contributed by atoms with E-state index in [2.05, 4.69) is 4.99 Å². The number of nitrogens with zero attached hydrogens (tertiary/aromatic N) is 1. The Hall–Kier alpha value is -2.49. The zero-order valence-corrected chi connectivity index (χ0v) is 10.5. The van der Waals surface area contributed by atoms with Gasteiger partial charge in [-0.05, 0) is 48.0 Å². The molecule has 0 unspecified atom stereocenters. The lowest BCUT2D eigenvalue weighted by Gasteiger charge is -1.99. The largest absolute Gasteiger partial charge is 0.497 e. The summed E-state index contributed by atoms with van der Waals surface area (Å²) in [6.45, 7) is 0.286. The summed E-state index contributed by atoms with van der Waals surface area (Å²) in [6.07, 6.45) is 1.80. The number of fused-ring (bicyclic) bond motifs is 1. The number of hydrogen-bond acceptors (Lipinski definition) is 4. The molecule has 0 saturated heterocycles. The first-order chi connectivity index (χ1) is 9.35. The minimum Gasteiger partial charge on any atom is -0.497 e. The third-order valence-electron chi connectivity index (χ3n) is 2.83. The quantitative estimate of drug-likeness (QED) is 0.791. The van der Waals surface area contributed by atoms with E-state index in [1.165, 1.54) is 0 Å². The van der Waals surface area contributed by atoms with Crippen molar-refractivity contribution in [2.24, 2.45) is 4.99 Å². The van der Waals surface area contributed by atoms with Crippen molar-refractivity contribution in [1.82, 2.24) is 0 Å². The van der Waals surface area contributed by atoms with E-state index in [0.717, 1.165) is 28.5 Å². The molecule has 0 aliphatic carbocycles. The van der Waals surface area contributed by atoms with Gasteiger partial charge in [0, 0.05) is 6.21 Å². The SMILES string of the molecule is COc1ccc(/N=C\c2ccc3c(c2)OCO3)cc1. The first-order valence-corrected chi connectivity index (χ1v) is 5.93. The molecule has 0 aromatic heterocycles. The molecule has 0 N–H and O–H groups in total. The van der Waals surface area contributed by atoms with Crippen LogP contribution in [-0.2, 0) is 0 Å². The molecule has 0 atom stereocenters. The predicted octanol–water partition coefficient (Wildman–Crippen LogP) is 3.17. The van der Waals surface area contributed by atoms with Crippen LogP contribution in [0.3, 0.4) is 0 Å². The van der Waals surface area contributed by atoms with Crippen LogP contribution in [0.5, 0.6) is 17.2 Å². The summed E-state index contributed by atoms with van der Waals surface area (Å²) >= 11 is 0. The average Bonchev–Trinajstić information content (AvgIpc) is 2.93. The van der Waals surface area contributed by atoms with Crippen molar-refractivity contribution in [1.29, 1.82) is 0 Å². The average molecular weight is 255 g/mol. The van der Waals surface area contributed by atoms with E-state index in [1.807, 2.05) is 42.5 Å². The highest BCUT2D eigenvalue weighted by Gasteiger charge is 2.12. The highest BCUT2D eigenvalue weighted by atomic mass is 16.7. The number of aliphatic imine (C=N–C) groups is 1. The highest BCUT2D eigenvalue weighted by molar-refractivity contribution is 5.83. The third-order valence-corrected chi connectivity index (χ3v) is 2.83. The van der Waals surface area contributed by atoms with Crippen molar-refractivity contribution in [2.75, 3.05) is 13.9 Å². The van der Waals surface area contributed by atoms with Gasteiger partial charge in [-0.3, -0.25) is 4.99 Å². The van der Waals surface area contributed by atoms with Gasteiger partial charge < -0.3 is 14.2 Å². The fraction of sp³-hybridized carbons (Fsp3) is 0.133. The van der Waals surface area contributed by atoms with Crippen LogP contribution in [0.15, 0.2) is 47.5 Å². The Morgan fingerprint density at radius 1 is 1.05 bits per heavy atom. The van der Waals surface area contributed by atoms with Gasteiger partial charge in [0.25, 0.3) is 0 Å². The molecule has 1 aliphatic heterocycles. The zero-order valence-electron chi connectivity index (χ0n) is 10.5. The van der Waals surface area contributed by atoms with E-state index in [1.54, 1.807) is 13.3 Å². The standard InChI is InChI=1S/C15H13NO3/c1-17-13-5-3-12(4-6-13)16-9-11-2-7-14-15(8-11)19-10-18-14/h2-9H,10H2,1H3/b16-9-. The van der Waals surface area contributed by atoms with Crippen molar-refractivity contribution in [3.05, 3.63) is 48.0 Å². The summed E-state index contributed by atoms with van der Waals surface area (Å²) in [5.74, 6) is 2.36. The Kier molecular flexibility index (Phi) is 3.06. The molecule has 2 aromatic carbocycles. The van der Waals surface area contributed by atoms with Crippen molar-refractivity contribution in [3.63, 3.8) is 0 Å². The first-order valence-electron chi connectivity index (χ1n) is 5.93. The summed E-state index contributed by atoms with van der Waals surface area (Å²) in [5, 5.41) is 0. The number of methoxy groups -OCH3 is 1. The van der Waals surface area contributed by atoms with Gasteiger partial charge >= 0.3 is 0 Å². The lowest BCUT2D eigenvalue weighted by Crippen LogP contribution is -1.92. The molecule has 0 spiro atoms. The number of rotatable bonds is 3. The van der Waals surface area contributed by atoms with E-state index in [-0.39, 0.29) is 6.79 Å². The van der Waals surface area contributed by atoms with Gasteiger partial charge in [-0.25, -0.2) is 0 Å². The molecule has 0 bridgehead atoms. The fourth-order valence-corrected chi connectivity index (χ4v) is 1.81. The van der Waals surface area contributed by atoms with Crippen molar-refractivity contribution < 1.29 is 14.2 Å². The van der Waals surface area contributed by atoms with Crippen LogP contribution in [0.1, 0.15) is 5.56 Å². The molecule has 2 aromatic rings. The van der Waals surface area contributed by atoms with Crippen LogP contribution < -0.4 is 14.2 Å². The second-order valence-corrected chi connectivity index (χ2v) is 4.07. The molecule has 96 valence electrons. The second-order valence-electron chi connectivity index (χ2n) is 4.07. The highest BCUT2D eigenvalue weighted by Crippen LogP contribution is 2.32. The maximum absolute atomic E-state index is 5.32. The summed E-state index contributed by atoms with van der Waals surface area (Å²) in [4.78, 5) is 4.40. The molecule has 0 radical (unpaired) electrons. The Morgan fingerprint density at radius 3 is 2.63 bits per heavy atom. The van der Waals surface area contributed by atoms with Gasteiger partial charge in [-0.2, -0.15) is 0 Å². The molecule has 4 heteroatoms. The van der Waals surface area contributed by atoms with Crippen LogP contribution in [-0.4, -0.2) is 20.1 Å². The van der Waals surface area contributed by atoms with Gasteiger partial charge in [0.2, 0.25) is 6.79 Å². The smallest absolute Gasteiger partial charge is 0.231 e. The molecule has 1 heterocycles. The van der Waals surface area contributed by atoms with Gasteiger partial charge in [-0.15, -0.1) is 0 Å². The molecule has 3 rings (SSSR count). The van der Waals surface area contributed by atoms with E-state index in [0.29, 0.717) is 0 Å². The second kappa shape index (κ2) is 5.02. The molecule has 1 aliphatic rings. The maximum Gasteiger partial charge on any atom is 0.231 e. The van der Waals surface area contributed by atoms with E-state index < -0.39 is 0 Å². The molecular weight excluding hydrogens is 242 g/mol. The van der Waals surface area contributed by atoms with E-state index >= 15 is 0 Å². The van der Waals surface area contributed by atoms with Gasteiger partial charge in [-0.1, -0.05) is 0 Å². The predicted molar refractivity (Wildman–Crippen MR) is 72.8 cm³/mol. The molecule has 4 nitrogen and oxygen atoms in total. The van der Waals surface area contributed by atoms with Gasteiger partial charge in [0.1, 0.15) is 5.75 Å². The molecule has 0 saturated carbocycles. The minimum absolute atomic E-state index is 0.286. The summed E-state index contributed by atoms with van der Waals surface area (Å²) < 4.78 is 15.7. The number of benzene rings is 2. The van der Waals surface area contributed by atoms with Crippen molar-refractivity contribution >= 4 is 11.9 Å². The van der Waals surface area contributed by atoms with Crippen LogP contribution in [0, 0.1) is 0 Å². The van der Waals surface area contributed by atoms with Crippen LogP contribution in [0.4, 0.5) is 5.69 Å². The van der Waals surface area contributed by atoms with Crippen LogP contribution in [0.2, 0.25) is 0 Å². The zero-order chi connectivity index (χ0) is 13.1. The number of ether oxygens (including phenoxy) is 3.